The molecule has 0 saturated heterocycles. The second kappa shape index (κ2) is 14.8. The number of hydrogen-bond acceptors (Lipinski definition) is 4. The van der Waals surface area contributed by atoms with Crippen molar-refractivity contribution in [1.29, 1.82) is 0 Å². The molecule has 2 aliphatic rings. The summed E-state index contributed by atoms with van der Waals surface area (Å²) in [6.45, 7) is 0. The lowest BCUT2D eigenvalue weighted by Gasteiger charge is -2.37. The fourth-order valence-electron chi connectivity index (χ4n) is 11.5. The lowest BCUT2D eigenvalue weighted by Crippen LogP contribution is -2.20. The molecule has 0 bridgehead atoms. The van der Waals surface area contributed by atoms with Crippen molar-refractivity contribution in [2.75, 3.05) is 33.7 Å². The lowest BCUT2D eigenvalue weighted by atomic mass is 9.84. The monoisotopic (exact) mass is 868 g/mol. The maximum atomic E-state index is 2.45. The summed E-state index contributed by atoms with van der Waals surface area (Å²) in [5, 5.41) is 12.3. The maximum absolute atomic E-state index is 2.45. The van der Waals surface area contributed by atoms with Crippen LogP contribution in [0.3, 0.4) is 0 Å². The van der Waals surface area contributed by atoms with E-state index < -0.39 is 0 Å². The van der Waals surface area contributed by atoms with Crippen molar-refractivity contribution in [3.63, 3.8) is 0 Å². The highest BCUT2D eigenvalue weighted by Crippen LogP contribution is 2.57. The van der Waals surface area contributed by atoms with E-state index in [2.05, 4.69) is 264 Å². The molecule has 0 saturated carbocycles. The van der Waals surface area contributed by atoms with Crippen LogP contribution in [0.4, 0.5) is 56.9 Å². The second-order valence-electron chi connectivity index (χ2n) is 18.2. The quantitative estimate of drug-likeness (QED) is 0.165. The van der Waals surface area contributed by atoms with Crippen molar-refractivity contribution < 1.29 is 0 Å². The van der Waals surface area contributed by atoms with Gasteiger partial charge in [-0.3, -0.25) is 0 Å². The molecule has 4 nitrogen and oxygen atoms in total. The van der Waals surface area contributed by atoms with Crippen LogP contribution in [0.15, 0.2) is 231 Å². The van der Waals surface area contributed by atoms with Crippen LogP contribution < -0.4 is 19.6 Å². The van der Waals surface area contributed by atoms with E-state index in [1.165, 1.54) is 98.9 Å². The van der Waals surface area contributed by atoms with E-state index in [9.17, 15) is 0 Å². The zero-order chi connectivity index (χ0) is 45.0. The summed E-state index contributed by atoms with van der Waals surface area (Å²) in [7, 11) is 4.47. The van der Waals surface area contributed by atoms with Gasteiger partial charge in [0.2, 0.25) is 0 Å². The normalized spacial score (nSPS) is 12.5. The molecular weight excluding hydrogens is 825 g/mol. The maximum Gasteiger partial charge on any atom is 0.0540 e. The second-order valence-corrected chi connectivity index (χ2v) is 18.2. The summed E-state index contributed by atoms with van der Waals surface area (Å²) in [6.07, 6.45) is 0. The minimum Gasteiger partial charge on any atom is -0.344 e. The number of nitrogens with zero attached hydrogens (tertiary/aromatic N) is 4. The van der Waals surface area contributed by atoms with Crippen molar-refractivity contribution in [2.45, 2.75) is 0 Å². The van der Waals surface area contributed by atoms with Gasteiger partial charge in [-0.25, -0.2) is 0 Å². The predicted octanol–water partition coefficient (Wildman–Crippen LogP) is 17.9. The topological polar surface area (TPSA) is 13.0 Å². The summed E-state index contributed by atoms with van der Waals surface area (Å²) < 4.78 is 0. The van der Waals surface area contributed by atoms with Gasteiger partial charge in [-0.05, 0) is 93.3 Å². The van der Waals surface area contributed by atoms with Crippen LogP contribution in [0.25, 0.3) is 76.1 Å². The van der Waals surface area contributed by atoms with Crippen LogP contribution in [0.5, 0.6) is 0 Å². The fourth-order valence-corrected chi connectivity index (χ4v) is 11.5. The number of benzene rings is 12. The largest absolute Gasteiger partial charge is 0.344 e. The van der Waals surface area contributed by atoms with Crippen molar-refractivity contribution in [2.24, 2.45) is 0 Å². The van der Waals surface area contributed by atoms with Crippen molar-refractivity contribution in [1.82, 2.24) is 0 Å². The zero-order valence-corrected chi connectivity index (χ0v) is 37.7. The first-order chi connectivity index (χ1) is 33.6. The summed E-state index contributed by atoms with van der Waals surface area (Å²) >= 11 is 0. The van der Waals surface area contributed by atoms with E-state index in [0.29, 0.717) is 0 Å². The van der Waals surface area contributed by atoms with Crippen molar-refractivity contribution in [3.05, 3.63) is 231 Å². The Kier molecular flexibility index (Phi) is 8.38. The molecule has 0 atom stereocenters. The standard InChI is InChI=1S/C64H44N4/c1-65-59-37-38-60-64-54(52-34-32-46(40-62(52)66(60)2)68(57-29-13-21-43-17-5-9-25-49(43)57)58-30-14-22-44-18-6-10-26-50(44)58)36-35-53(63(59)64)51-33-31-45(39-61(51)65)67(55-27-11-19-41-15-3-7-23-47(41)55)56-28-12-20-42-16-4-8-24-48(42)56/h3-40H,1-2H3. The first-order valence-electron chi connectivity index (χ1n) is 23.5. The molecule has 0 unspecified atom stereocenters. The van der Waals surface area contributed by atoms with Crippen LogP contribution >= 0.6 is 0 Å². The van der Waals surface area contributed by atoms with Gasteiger partial charge in [0, 0.05) is 80.3 Å². The van der Waals surface area contributed by atoms with E-state index in [1.807, 2.05) is 0 Å². The van der Waals surface area contributed by atoms with Gasteiger partial charge in [-0.1, -0.05) is 170 Å². The Morgan fingerprint density at radius 1 is 0.265 bits per heavy atom. The first-order valence-corrected chi connectivity index (χ1v) is 23.5. The van der Waals surface area contributed by atoms with Gasteiger partial charge in [0.05, 0.1) is 34.1 Å². The smallest absolute Gasteiger partial charge is 0.0540 e. The minimum absolute atomic E-state index is 1.11. The summed E-state index contributed by atoms with van der Waals surface area (Å²) in [5.74, 6) is 0. The Bertz CT molecular complexity index is 3620. The summed E-state index contributed by atoms with van der Waals surface area (Å²) in [4.78, 5) is 9.72. The Labute approximate surface area is 395 Å². The molecule has 14 rings (SSSR count). The minimum atomic E-state index is 1.11. The fraction of sp³-hybridized carbons (Fsp3) is 0.0312. The van der Waals surface area contributed by atoms with Crippen LogP contribution in [-0.4, -0.2) is 14.1 Å². The van der Waals surface area contributed by atoms with E-state index >= 15 is 0 Å². The van der Waals surface area contributed by atoms with Gasteiger partial charge in [-0.2, -0.15) is 0 Å². The van der Waals surface area contributed by atoms with Gasteiger partial charge in [0.15, 0.2) is 0 Å². The van der Waals surface area contributed by atoms with Crippen molar-refractivity contribution >= 4 is 111 Å². The Morgan fingerprint density at radius 2 is 0.559 bits per heavy atom. The van der Waals surface area contributed by atoms with E-state index in [4.69, 9.17) is 0 Å². The Morgan fingerprint density at radius 3 is 0.897 bits per heavy atom. The lowest BCUT2D eigenvalue weighted by molar-refractivity contribution is 1.18. The molecule has 2 aliphatic heterocycles. The molecule has 0 spiro atoms. The van der Waals surface area contributed by atoms with Gasteiger partial charge in [-0.15, -0.1) is 0 Å². The van der Waals surface area contributed by atoms with Crippen molar-refractivity contribution in [3.8, 4) is 22.3 Å². The van der Waals surface area contributed by atoms with E-state index in [1.54, 1.807) is 0 Å². The molecule has 0 aromatic heterocycles. The average Bonchev–Trinajstić information content (AvgIpc) is 3.40. The van der Waals surface area contributed by atoms with Crippen LogP contribution in [-0.2, 0) is 0 Å². The number of fused-ring (bicyclic) bond motifs is 8. The molecule has 68 heavy (non-hydrogen) atoms. The van der Waals surface area contributed by atoms with Gasteiger partial charge in [0.25, 0.3) is 0 Å². The molecule has 0 fully saturated rings. The Balaban J connectivity index is 0.926. The Hall–Kier alpha value is -8.86. The molecule has 2 heterocycles. The molecule has 12 aromatic carbocycles. The van der Waals surface area contributed by atoms with Crippen LogP contribution in [0.1, 0.15) is 0 Å². The SMILES string of the molecule is CN1c2cc(N(c3cccc4ccccc34)c3cccc4ccccc34)ccc2-c2ccc3c4c(ccc1c24)N(C)c1cc(N(c2cccc4ccccc24)c2cccc4ccccc24)ccc1-3. The molecule has 0 amide bonds. The molecule has 0 aliphatic carbocycles. The molecule has 4 heteroatoms. The summed E-state index contributed by atoms with van der Waals surface area (Å²) in [5.41, 5.74) is 16.6. The third-order valence-corrected chi connectivity index (χ3v) is 14.7. The molecule has 0 N–H and O–H groups in total. The number of rotatable bonds is 6. The molecule has 320 valence electrons. The van der Waals surface area contributed by atoms with Crippen LogP contribution in [0, 0.1) is 0 Å². The van der Waals surface area contributed by atoms with Gasteiger partial charge < -0.3 is 19.6 Å². The number of anilines is 10. The van der Waals surface area contributed by atoms with Gasteiger partial charge in [0.1, 0.15) is 0 Å². The highest BCUT2D eigenvalue weighted by atomic mass is 15.2. The van der Waals surface area contributed by atoms with E-state index in [-0.39, 0.29) is 0 Å². The highest BCUT2D eigenvalue weighted by molar-refractivity contribution is 6.23. The first kappa shape index (κ1) is 38.4. The predicted molar refractivity (Wildman–Crippen MR) is 290 cm³/mol. The highest BCUT2D eigenvalue weighted by Gasteiger charge is 2.32. The van der Waals surface area contributed by atoms with E-state index in [0.717, 1.165) is 34.1 Å². The third-order valence-electron chi connectivity index (χ3n) is 14.7. The number of hydrogen-bond donors (Lipinski definition) is 0. The summed E-state index contributed by atoms with van der Waals surface area (Å²) in [6, 6.07) is 84.9. The van der Waals surface area contributed by atoms with Crippen LogP contribution in [0.2, 0.25) is 0 Å². The molecule has 0 radical (unpaired) electrons. The van der Waals surface area contributed by atoms with Gasteiger partial charge >= 0.3 is 0 Å². The molecular formula is C64H44N4. The zero-order valence-electron chi connectivity index (χ0n) is 37.7. The third kappa shape index (κ3) is 5.61. The molecule has 12 aromatic rings. The average molecular weight is 869 g/mol.